The van der Waals surface area contributed by atoms with Crippen LogP contribution in [0.1, 0.15) is 37.2 Å². The van der Waals surface area contributed by atoms with Crippen LogP contribution in [0.3, 0.4) is 0 Å². The van der Waals surface area contributed by atoms with Gasteiger partial charge in [0.1, 0.15) is 0 Å². The number of carbonyl (C=O) groups excluding carboxylic acids is 1. The lowest BCUT2D eigenvalue weighted by Gasteiger charge is -2.07. The number of aryl methyl sites for hydroxylation is 1. The Hall–Kier alpha value is -2.50. The third kappa shape index (κ3) is 2.99. The average molecular weight is 286 g/mol. The van der Waals surface area contributed by atoms with Crippen molar-refractivity contribution in [3.05, 3.63) is 40.3 Å². The van der Waals surface area contributed by atoms with Crippen LogP contribution < -0.4 is 11.0 Å². The largest absolute Gasteiger partial charge is 0.292 e. The van der Waals surface area contributed by atoms with Crippen molar-refractivity contribution in [1.82, 2.24) is 15.2 Å². The highest BCUT2D eigenvalue weighted by atomic mass is 16.2. The second-order valence-corrected chi connectivity index (χ2v) is 4.65. The molecule has 0 atom stereocenters. The molecule has 0 unspecified atom stereocenters. The Bertz CT molecular complexity index is 756. The van der Waals surface area contributed by atoms with E-state index in [4.69, 9.17) is 0 Å². The van der Waals surface area contributed by atoms with E-state index in [9.17, 15) is 9.59 Å². The van der Waals surface area contributed by atoms with E-state index in [0.29, 0.717) is 10.8 Å². The standard InChI is InChI=1S/C15H18N4O2/c1-4-10(5-2)16-17-14(20)13-11-8-6-7-9-12(11)15(21)19(3)18-13/h6-9H,4-5H2,1-3H3,(H,17,20). The molecule has 0 saturated carbocycles. The van der Waals surface area contributed by atoms with Crippen LogP contribution in [0.4, 0.5) is 0 Å². The summed E-state index contributed by atoms with van der Waals surface area (Å²) in [6.07, 6.45) is 1.55. The van der Waals surface area contributed by atoms with Crippen molar-refractivity contribution in [3.63, 3.8) is 0 Å². The molecule has 0 fully saturated rings. The number of nitrogens with one attached hydrogen (secondary N) is 1. The van der Waals surface area contributed by atoms with E-state index in [0.717, 1.165) is 18.6 Å². The van der Waals surface area contributed by atoms with E-state index in [1.807, 2.05) is 13.8 Å². The first-order chi connectivity index (χ1) is 10.1. The van der Waals surface area contributed by atoms with Crippen molar-refractivity contribution in [3.8, 4) is 0 Å². The highest BCUT2D eigenvalue weighted by Gasteiger charge is 2.15. The zero-order valence-electron chi connectivity index (χ0n) is 12.4. The van der Waals surface area contributed by atoms with Gasteiger partial charge in [0.25, 0.3) is 11.5 Å². The van der Waals surface area contributed by atoms with E-state index >= 15 is 0 Å². The summed E-state index contributed by atoms with van der Waals surface area (Å²) in [6, 6.07) is 6.93. The molecule has 0 aliphatic heterocycles. The van der Waals surface area contributed by atoms with E-state index < -0.39 is 5.91 Å². The van der Waals surface area contributed by atoms with Crippen molar-refractivity contribution in [1.29, 1.82) is 0 Å². The van der Waals surface area contributed by atoms with Gasteiger partial charge >= 0.3 is 0 Å². The summed E-state index contributed by atoms with van der Waals surface area (Å²) >= 11 is 0. The summed E-state index contributed by atoms with van der Waals surface area (Å²) < 4.78 is 1.17. The van der Waals surface area contributed by atoms with Gasteiger partial charge in [-0.05, 0) is 18.9 Å². The van der Waals surface area contributed by atoms with Gasteiger partial charge in [0.15, 0.2) is 5.69 Å². The third-order valence-electron chi connectivity index (χ3n) is 3.30. The number of amides is 1. The van der Waals surface area contributed by atoms with Crippen LogP contribution in [0.5, 0.6) is 0 Å². The van der Waals surface area contributed by atoms with Gasteiger partial charge < -0.3 is 0 Å². The maximum Gasteiger partial charge on any atom is 0.292 e. The van der Waals surface area contributed by atoms with E-state index in [1.165, 1.54) is 11.7 Å². The minimum Gasteiger partial charge on any atom is -0.267 e. The molecule has 0 aliphatic carbocycles. The Morgan fingerprint density at radius 1 is 1.24 bits per heavy atom. The molecule has 0 bridgehead atoms. The summed E-state index contributed by atoms with van der Waals surface area (Å²) in [4.78, 5) is 24.3. The van der Waals surface area contributed by atoms with Crippen LogP contribution in [0.2, 0.25) is 0 Å². The summed E-state index contributed by atoms with van der Waals surface area (Å²) in [6.45, 7) is 3.96. The first-order valence-electron chi connectivity index (χ1n) is 6.90. The number of hydrazone groups is 1. The average Bonchev–Trinajstić information content (AvgIpc) is 2.51. The van der Waals surface area contributed by atoms with Gasteiger partial charge in [0.2, 0.25) is 0 Å². The van der Waals surface area contributed by atoms with E-state index in [1.54, 1.807) is 24.3 Å². The van der Waals surface area contributed by atoms with Crippen LogP contribution in [0, 0.1) is 0 Å². The summed E-state index contributed by atoms with van der Waals surface area (Å²) in [5.41, 5.74) is 3.38. The molecule has 0 radical (unpaired) electrons. The molecule has 1 amide bonds. The second-order valence-electron chi connectivity index (χ2n) is 4.65. The Kier molecular flexibility index (Phi) is 4.47. The lowest BCUT2D eigenvalue weighted by atomic mass is 10.1. The Labute approximate surface area is 122 Å². The molecule has 1 N–H and O–H groups in total. The number of hydrogen-bond acceptors (Lipinski definition) is 4. The number of fused-ring (bicyclic) bond motifs is 1. The molecule has 1 heterocycles. The number of carbonyl (C=O) groups is 1. The quantitative estimate of drug-likeness (QED) is 0.688. The van der Waals surface area contributed by atoms with Crippen LogP contribution in [-0.4, -0.2) is 21.4 Å². The van der Waals surface area contributed by atoms with Gasteiger partial charge in [-0.1, -0.05) is 32.0 Å². The van der Waals surface area contributed by atoms with Gasteiger partial charge in [-0.15, -0.1) is 0 Å². The lowest BCUT2D eigenvalue weighted by Crippen LogP contribution is -2.27. The van der Waals surface area contributed by atoms with Gasteiger partial charge in [0, 0.05) is 18.1 Å². The Balaban J connectivity index is 2.47. The zero-order chi connectivity index (χ0) is 15.4. The van der Waals surface area contributed by atoms with Crippen molar-refractivity contribution in [2.24, 2.45) is 12.1 Å². The predicted octanol–water partition coefficient (Wildman–Crippen LogP) is 1.84. The SMILES string of the molecule is CCC(CC)=NNC(=O)c1nn(C)c(=O)c2ccccc12. The highest BCUT2D eigenvalue weighted by Crippen LogP contribution is 2.12. The molecule has 2 rings (SSSR count). The molecule has 6 heteroatoms. The molecule has 1 aromatic carbocycles. The van der Waals surface area contributed by atoms with Crippen molar-refractivity contribution < 1.29 is 4.79 Å². The molecule has 0 spiro atoms. The molecule has 0 saturated heterocycles. The fraction of sp³-hybridized carbons (Fsp3) is 0.333. The molecule has 2 aromatic rings. The lowest BCUT2D eigenvalue weighted by molar-refractivity contribution is 0.0949. The van der Waals surface area contributed by atoms with Gasteiger partial charge in [0.05, 0.1) is 5.39 Å². The number of aromatic nitrogens is 2. The zero-order valence-corrected chi connectivity index (χ0v) is 12.4. The fourth-order valence-corrected chi connectivity index (χ4v) is 2.06. The first-order valence-corrected chi connectivity index (χ1v) is 6.90. The summed E-state index contributed by atoms with van der Waals surface area (Å²) in [5, 5.41) is 9.14. The molecule has 110 valence electrons. The first kappa shape index (κ1) is 14.9. The topological polar surface area (TPSA) is 76.3 Å². The number of nitrogens with zero attached hydrogens (tertiary/aromatic N) is 3. The van der Waals surface area contributed by atoms with Gasteiger partial charge in [-0.3, -0.25) is 9.59 Å². The molecule has 21 heavy (non-hydrogen) atoms. The number of benzene rings is 1. The van der Waals surface area contributed by atoms with Crippen LogP contribution in [0.15, 0.2) is 34.2 Å². The maximum atomic E-state index is 12.3. The summed E-state index contributed by atoms with van der Waals surface area (Å²) in [7, 11) is 1.53. The van der Waals surface area contributed by atoms with Gasteiger partial charge in [-0.2, -0.15) is 10.2 Å². The number of hydrogen-bond donors (Lipinski definition) is 1. The highest BCUT2D eigenvalue weighted by molar-refractivity contribution is 6.05. The monoisotopic (exact) mass is 286 g/mol. The second kappa shape index (κ2) is 6.30. The smallest absolute Gasteiger partial charge is 0.267 e. The predicted molar refractivity (Wildman–Crippen MR) is 82.5 cm³/mol. The molecule has 1 aromatic heterocycles. The summed E-state index contributed by atoms with van der Waals surface area (Å²) in [5.74, 6) is -0.416. The fourth-order valence-electron chi connectivity index (χ4n) is 2.06. The number of rotatable bonds is 4. The third-order valence-corrected chi connectivity index (χ3v) is 3.30. The van der Waals surface area contributed by atoms with Crippen LogP contribution in [0.25, 0.3) is 10.8 Å². The van der Waals surface area contributed by atoms with E-state index in [-0.39, 0.29) is 11.3 Å². The molecule has 6 nitrogen and oxygen atoms in total. The van der Waals surface area contributed by atoms with Crippen molar-refractivity contribution in [2.75, 3.05) is 0 Å². The van der Waals surface area contributed by atoms with E-state index in [2.05, 4.69) is 15.6 Å². The van der Waals surface area contributed by atoms with Gasteiger partial charge in [-0.25, -0.2) is 10.1 Å². The Morgan fingerprint density at radius 2 is 1.86 bits per heavy atom. The van der Waals surface area contributed by atoms with Crippen molar-refractivity contribution in [2.45, 2.75) is 26.7 Å². The minimum atomic E-state index is -0.416. The van der Waals surface area contributed by atoms with Crippen LogP contribution in [-0.2, 0) is 7.05 Å². The molecular formula is C15H18N4O2. The van der Waals surface area contributed by atoms with Crippen molar-refractivity contribution >= 4 is 22.4 Å². The van der Waals surface area contributed by atoms with Crippen LogP contribution >= 0.6 is 0 Å². The normalized spacial score (nSPS) is 10.4. The minimum absolute atomic E-state index is 0.197. The molecular weight excluding hydrogens is 268 g/mol. The maximum absolute atomic E-state index is 12.3. The molecule has 0 aliphatic rings. The Morgan fingerprint density at radius 3 is 2.48 bits per heavy atom.